The van der Waals surface area contributed by atoms with Gasteiger partial charge in [-0.1, -0.05) is 19.1 Å². The van der Waals surface area contributed by atoms with Gasteiger partial charge in [0.15, 0.2) is 0 Å². The molecule has 0 aromatic carbocycles. The molecule has 1 atom stereocenters. The molecule has 0 saturated heterocycles. The molecule has 0 aliphatic heterocycles. The molecule has 2 nitrogen and oxygen atoms in total. The highest BCUT2D eigenvalue weighted by molar-refractivity contribution is 5.85. The number of hydrogen-bond acceptors (Lipinski definition) is 2. The van der Waals surface area contributed by atoms with E-state index < -0.39 is 0 Å². The van der Waals surface area contributed by atoms with Crippen LogP contribution in [0.2, 0.25) is 0 Å². The zero-order chi connectivity index (χ0) is 10.3. The van der Waals surface area contributed by atoms with Gasteiger partial charge in [0, 0.05) is 13.1 Å². The summed E-state index contributed by atoms with van der Waals surface area (Å²) in [7, 11) is 4.21. The minimum Gasteiger partial charge on any atom is -0.294 e. The Labute approximate surface area is 107 Å². The van der Waals surface area contributed by atoms with Crippen LogP contribution in [0.5, 0.6) is 0 Å². The van der Waals surface area contributed by atoms with Crippen LogP contribution >= 0.6 is 24.8 Å². The second-order valence-electron chi connectivity index (χ2n) is 3.38. The first kappa shape index (κ1) is 20.4. The van der Waals surface area contributed by atoms with E-state index in [1.165, 1.54) is 0 Å². The van der Waals surface area contributed by atoms with Crippen LogP contribution in [0.25, 0.3) is 0 Å². The molecule has 0 fully saturated rings. The summed E-state index contributed by atoms with van der Waals surface area (Å²) in [4.78, 5) is 4.58. The van der Waals surface area contributed by atoms with E-state index in [1.54, 1.807) is 0 Å². The van der Waals surface area contributed by atoms with Gasteiger partial charge in [-0.15, -0.1) is 38.0 Å². The van der Waals surface area contributed by atoms with Crippen molar-refractivity contribution in [2.45, 2.75) is 19.5 Å². The van der Waals surface area contributed by atoms with Gasteiger partial charge in [-0.05, 0) is 20.5 Å². The SMILES string of the molecule is C=CCN(CC=C)C(CC)N(C)C.Cl.Cl. The summed E-state index contributed by atoms with van der Waals surface area (Å²) in [5.41, 5.74) is 0. The Morgan fingerprint density at radius 1 is 1.07 bits per heavy atom. The maximum absolute atomic E-state index is 3.76. The molecule has 0 N–H and O–H groups in total. The lowest BCUT2D eigenvalue weighted by molar-refractivity contribution is 0.0977. The number of rotatable bonds is 7. The highest BCUT2D eigenvalue weighted by atomic mass is 35.5. The summed E-state index contributed by atoms with van der Waals surface area (Å²) in [6, 6.07) is 0. The Hall–Kier alpha value is -0.0200. The van der Waals surface area contributed by atoms with Gasteiger partial charge >= 0.3 is 0 Å². The highest BCUT2D eigenvalue weighted by Crippen LogP contribution is 2.06. The Morgan fingerprint density at radius 3 is 1.67 bits per heavy atom. The number of hydrogen-bond donors (Lipinski definition) is 0. The van der Waals surface area contributed by atoms with E-state index >= 15 is 0 Å². The zero-order valence-corrected chi connectivity index (χ0v) is 11.6. The summed E-state index contributed by atoms with van der Waals surface area (Å²) in [5.74, 6) is 0. The molecule has 1 unspecified atom stereocenters. The van der Waals surface area contributed by atoms with Gasteiger partial charge in [0.05, 0.1) is 6.17 Å². The van der Waals surface area contributed by atoms with Crippen molar-refractivity contribution in [3.63, 3.8) is 0 Å². The molecule has 0 rings (SSSR count). The lowest BCUT2D eigenvalue weighted by Gasteiger charge is -2.34. The second kappa shape index (κ2) is 12.1. The molecule has 0 aliphatic carbocycles. The standard InChI is InChI=1S/C11H22N2.2ClH/c1-6-9-13(10-7-2)11(8-3)12(4)5;;/h6-7,11H,1-2,8-10H2,3-5H3;2*1H. The molecule has 4 heteroatoms. The highest BCUT2D eigenvalue weighted by Gasteiger charge is 2.15. The van der Waals surface area contributed by atoms with Crippen LogP contribution in [0, 0.1) is 0 Å². The van der Waals surface area contributed by atoms with Gasteiger partial charge in [0.2, 0.25) is 0 Å². The van der Waals surface area contributed by atoms with Crippen molar-refractivity contribution in [3.05, 3.63) is 25.3 Å². The Bertz CT molecular complexity index is 151. The smallest absolute Gasteiger partial charge is 0.0620 e. The largest absolute Gasteiger partial charge is 0.294 e. The summed E-state index contributed by atoms with van der Waals surface area (Å²) in [6.07, 6.45) is 5.48. The Morgan fingerprint density at radius 2 is 1.47 bits per heavy atom. The predicted molar refractivity (Wildman–Crippen MR) is 74.2 cm³/mol. The fourth-order valence-electron chi connectivity index (χ4n) is 1.60. The van der Waals surface area contributed by atoms with Crippen molar-refractivity contribution < 1.29 is 0 Å². The van der Waals surface area contributed by atoms with Gasteiger partial charge < -0.3 is 0 Å². The van der Waals surface area contributed by atoms with Crippen LogP contribution in [0.4, 0.5) is 0 Å². The predicted octanol–water partition coefficient (Wildman–Crippen LogP) is 2.80. The molecule has 0 aromatic heterocycles. The van der Waals surface area contributed by atoms with Gasteiger partial charge in [-0.25, -0.2) is 0 Å². The third-order valence-electron chi connectivity index (χ3n) is 2.11. The molecular formula is C11H24Cl2N2. The average Bonchev–Trinajstić information content (AvgIpc) is 2.05. The Kier molecular flexibility index (Phi) is 16.4. The van der Waals surface area contributed by atoms with Crippen LogP contribution < -0.4 is 0 Å². The van der Waals surface area contributed by atoms with Crippen molar-refractivity contribution in [2.24, 2.45) is 0 Å². The zero-order valence-electron chi connectivity index (χ0n) is 9.98. The van der Waals surface area contributed by atoms with Crippen molar-refractivity contribution in [3.8, 4) is 0 Å². The summed E-state index contributed by atoms with van der Waals surface area (Å²) >= 11 is 0. The van der Waals surface area contributed by atoms with Crippen LogP contribution in [-0.2, 0) is 0 Å². The number of nitrogens with zero attached hydrogens (tertiary/aromatic N) is 2. The molecule has 0 radical (unpaired) electrons. The van der Waals surface area contributed by atoms with Gasteiger partial charge in [-0.3, -0.25) is 9.80 Å². The molecule has 15 heavy (non-hydrogen) atoms. The lowest BCUT2D eigenvalue weighted by Crippen LogP contribution is -2.44. The maximum Gasteiger partial charge on any atom is 0.0620 e. The molecule has 0 heterocycles. The monoisotopic (exact) mass is 254 g/mol. The molecule has 0 aromatic rings. The number of halogens is 2. The lowest BCUT2D eigenvalue weighted by atomic mass is 10.3. The van der Waals surface area contributed by atoms with E-state index in [1.807, 2.05) is 12.2 Å². The quantitative estimate of drug-likeness (QED) is 0.510. The molecule has 0 aliphatic rings. The van der Waals surface area contributed by atoms with Crippen LogP contribution in [0.3, 0.4) is 0 Å². The van der Waals surface area contributed by atoms with E-state index in [9.17, 15) is 0 Å². The average molecular weight is 255 g/mol. The van der Waals surface area contributed by atoms with Crippen LogP contribution in [0.15, 0.2) is 25.3 Å². The third kappa shape index (κ3) is 7.86. The van der Waals surface area contributed by atoms with E-state index in [0.717, 1.165) is 19.5 Å². The normalized spacial score (nSPS) is 11.5. The molecule has 0 bridgehead atoms. The van der Waals surface area contributed by atoms with E-state index in [2.05, 4.69) is 44.0 Å². The van der Waals surface area contributed by atoms with E-state index in [4.69, 9.17) is 0 Å². The summed E-state index contributed by atoms with van der Waals surface area (Å²) < 4.78 is 0. The van der Waals surface area contributed by atoms with Crippen LogP contribution in [-0.4, -0.2) is 43.2 Å². The van der Waals surface area contributed by atoms with E-state index in [0.29, 0.717) is 6.17 Å². The van der Waals surface area contributed by atoms with Gasteiger partial charge in [0.1, 0.15) is 0 Å². The summed E-state index contributed by atoms with van der Waals surface area (Å²) in [6.45, 7) is 11.6. The molecular weight excluding hydrogens is 231 g/mol. The van der Waals surface area contributed by atoms with Gasteiger partial charge in [-0.2, -0.15) is 0 Å². The minimum absolute atomic E-state index is 0. The fourth-order valence-corrected chi connectivity index (χ4v) is 1.60. The van der Waals surface area contributed by atoms with Crippen molar-refractivity contribution in [1.82, 2.24) is 9.80 Å². The molecule has 0 amide bonds. The maximum atomic E-state index is 3.76. The Balaban J connectivity index is -0.000000720. The third-order valence-corrected chi connectivity index (χ3v) is 2.11. The first-order valence-corrected chi connectivity index (χ1v) is 4.79. The van der Waals surface area contributed by atoms with E-state index in [-0.39, 0.29) is 24.8 Å². The topological polar surface area (TPSA) is 6.48 Å². The molecule has 92 valence electrons. The van der Waals surface area contributed by atoms with Crippen molar-refractivity contribution in [1.29, 1.82) is 0 Å². The summed E-state index contributed by atoms with van der Waals surface area (Å²) in [5, 5.41) is 0. The minimum atomic E-state index is 0. The molecule has 0 spiro atoms. The fraction of sp³-hybridized carbons (Fsp3) is 0.636. The van der Waals surface area contributed by atoms with Crippen LogP contribution in [0.1, 0.15) is 13.3 Å². The van der Waals surface area contributed by atoms with Gasteiger partial charge in [0.25, 0.3) is 0 Å². The second-order valence-corrected chi connectivity index (χ2v) is 3.38. The van der Waals surface area contributed by atoms with Crippen molar-refractivity contribution >= 4 is 24.8 Å². The van der Waals surface area contributed by atoms with Crippen molar-refractivity contribution in [2.75, 3.05) is 27.2 Å². The first-order valence-electron chi connectivity index (χ1n) is 4.79. The first-order chi connectivity index (χ1) is 6.17. The molecule has 0 saturated carbocycles.